The summed E-state index contributed by atoms with van der Waals surface area (Å²) in [5.41, 5.74) is 5.21. The van der Waals surface area contributed by atoms with E-state index in [2.05, 4.69) is 0 Å². The summed E-state index contributed by atoms with van der Waals surface area (Å²) in [7, 11) is -3.18. The Kier molecular flexibility index (Phi) is 5.70. The highest BCUT2D eigenvalue weighted by atomic mass is 32.2. The Balaban J connectivity index is 2.66. The molecule has 0 radical (unpaired) electrons. The third kappa shape index (κ3) is 5.13. The molecule has 110 valence electrons. The van der Waals surface area contributed by atoms with Crippen LogP contribution in [0.3, 0.4) is 0 Å². The van der Waals surface area contributed by atoms with Gasteiger partial charge in [0, 0.05) is 12.6 Å². The minimum absolute atomic E-state index is 0.0231. The number of hydrogen-bond acceptors (Lipinski definition) is 6. The summed E-state index contributed by atoms with van der Waals surface area (Å²) >= 11 is 0. The Bertz CT molecular complexity index is 435. The summed E-state index contributed by atoms with van der Waals surface area (Å²) in [5.74, 6) is -1.93. The quantitative estimate of drug-likeness (QED) is 0.523. The number of nitrogens with zero attached hydrogens (tertiary/aromatic N) is 1. The van der Waals surface area contributed by atoms with E-state index in [1.807, 2.05) is 0 Å². The molecule has 8 nitrogen and oxygen atoms in total. The van der Waals surface area contributed by atoms with Crippen LogP contribution in [0.1, 0.15) is 6.42 Å². The van der Waals surface area contributed by atoms with Crippen molar-refractivity contribution in [3.05, 3.63) is 0 Å². The molecule has 1 amide bonds. The van der Waals surface area contributed by atoms with Crippen LogP contribution >= 0.6 is 0 Å². The van der Waals surface area contributed by atoms with Gasteiger partial charge in [0.2, 0.25) is 5.91 Å². The molecule has 1 rings (SSSR count). The molecule has 1 heterocycles. The first-order valence-electron chi connectivity index (χ1n) is 5.85. The average Bonchev–Trinajstić information content (AvgIpc) is 2.66. The van der Waals surface area contributed by atoms with Crippen LogP contribution < -0.4 is 5.73 Å². The number of nitrogens with two attached hydrogens (primary N) is 1. The van der Waals surface area contributed by atoms with Crippen molar-refractivity contribution in [2.24, 2.45) is 5.73 Å². The van der Waals surface area contributed by atoms with Crippen molar-refractivity contribution in [1.29, 1.82) is 0 Å². The second-order valence-corrected chi connectivity index (χ2v) is 6.54. The Morgan fingerprint density at radius 1 is 1.42 bits per heavy atom. The number of aliphatic carboxylic acids is 1. The Morgan fingerprint density at radius 3 is 2.58 bits per heavy atom. The van der Waals surface area contributed by atoms with Gasteiger partial charge in [0.25, 0.3) is 0 Å². The maximum atomic E-state index is 11.9. The highest BCUT2D eigenvalue weighted by Crippen LogP contribution is 2.17. The first-order valence-corrected chi connectivity index (χ1v) is 7.67. The van der Waals surface area contributed by atoms with E-state index in [0.29, 0.717) is 0 Å². The highest BCUT2D eigenvalue weighted by Gasteiger charge is 2.35. The van der Waals surface area contributed by atoms with Crippen LogP contribution in [-0.2, 0) is 24.2 Å². The summed E-state index contributed by atoms with van der Waals surface area (Å²) in [6, 6.07) is -0.588. The van der Waals surface area contributed by atoms with E-state index in [4.69, 9.17) is 15.6 Å². The van der Waals surface area contributed by atoms with E-state index in [0.717, 1.165) is 4.90 Å². The lowest BCUT2D eigenvalue weighted by Gasteiger charge is -2.26. The number of rotatable bonds is 7. The molecule has 0 spiro atoms. The summed E-state index contributed by atoms with van der Waals surface area (Å²) in [5, 5.41) is 8.79. The summed E-state index contributed by atoms with van der Waals surface area (Å²) < 4.78 is 27.7. The molecule has 19 heavy (non-hydrogen) atoms. The molecular formula is C10H18N2O6S. The van der Waals surface area contributed by atoms with E-state index in [-0.39, 0.29) is 37.7 Å². The molecular weight excluding hydrogens is 276 g/mol. The fraction of sp³-hybridized carbons (Fsp3) is 0.800. The molecule has 1 aliphatic heterocycles. The Hall–Kier alpha value is -1.19. The smallest absolute Gasteiger partial charge is 0.323 e. The van der Waals surface area contributed by atoms with Gasteiger partial charge in [0.05, 0.1) is 18.1 Å². The van der Waals surface area contributed by atoms with Crippen LogP contribution in [0.5, 0.6) is 0 Å². The minimum Gasteiger partial charge on any atom is -0.480 e. The molecule has 0 aromatic carbocycles. The number of carbonyl (C=O) groups excluding carboxylic acids is 1. The van der Waals surface area contributed by atoms with Crippen molar-refractivity contribution in [1.82, 2.24) is 4.90 Å². The van der Waals surface area contributed by atoms with E-state index in [1.165, 1.54) is 0 Å². The molecule has 9 heteroatoms. The van der Waals surface area contributed by atoms with Crippen LogP contribution in [0.4, 0.5) is 0 Å². The maximum Gasteiger partial charge on any atom is 0.323 e. The molecule has 0 aromatic heterocycles. The zero-order valence-electron chi connectivity index (χ0n) is 10.4. The normalized spacial score (nSPS) is 21.2. The fourth-order valence-corrected chi connectivity index (χ4v) is 3.64. The number of carboxylic acid groups (broad SMARTS) is 1. The Morgan fingerprint density at radius 2 is 2.11 bits per heavy atom. The van der Waals surface area contributed by atoms with Crippen LogP contribution in [0, 0.1) is 0 Å². The molecule has 1 fully saturated rings. The standard InChI is InChI=1S/C10H18N2O6S/c11-2-3-18-6-9(13)12(5-10(14)15)8-1-4-19(16,17)7-8/h8H,1-7,11H2,(H,14,15). The average molecular weight is 294 g/mol. The van der Waals surface area contributed by atoms with Gasteiger partial charge in [-0.25, -0.2) is 8.42 Å². The largest absolute Gasteiger partial charge is 0.480 e. The number of carboxylic acids is 1. The second-order valence-electron chi connectivity index (χ2n) is 4.31. The third-order valence-electron chi connectivity index (χ3n) is 2.76. The van der Waals surface area contributed by atoms with Gasteiger partial charge in [0.15, 0.2) is 9.84 Å². The first kappa shape index (κ1) is 15.9. The summed E-state index contributed by atoms with van der Waals surface area (Å²) in [6.45, 7) is -0.369. The zero-order valence-corrected chi connectivity index (χ0v) is 11.3. The molecule has 0 bridgehead atoms. The van der Waals surface area contributed by atoms with Gasteiger partial charge in [-0.3, -0.25) is 9.59 Å². The highest BCUT2D eigenvalue weighted by molar-refractivity contribution is 7.91. The second kappa shape index (κ2) is 6.83. The molecule has 1 saturated heterocycles. The number of amides is 1. The fourth-order valence-electron chi connectivity index (χ4n) is 1.91. The predicted molar refractivity (Wildman–Crippen MR) is 66.3 cm³/mol. The van der Waals surface area contributed by atoms with Gasteiger partial charge in [0.1, 0.15) is 13.2 Å². The van der Waals surface area contributed by atoms with Gasteiger partial charge in [-0.2, -0.15) is 0 Å². The van der Waals surface area contributed by atoms with E-state index in [1.54, 1.807) is 0 Å². The van der Waals surface area contributed by atoms with Gasteiger partial charge in [-0.05, 0) is 6.42 Å². The van der Waals surface area contributed by atoms with Crippen LogP contribution in [0.25, 0.3) is 0 Å². The van der Waals surface area contributed by atoms with Crippen molar-refractivity contribution in [3.8, 4) is 0 Å². The molecule has 0 aromatic rings. The lowest BCUT2D eigenvalue weighted by atomic mass is 10.2. The third-order valence-corrected chi connectivity index (χ3v) is 4.51. The monoisotopic (exact) mass is 294 g/mol. The number of sulfone groups is 1. The van der Waals surface area contributed by atoms with E-state index in [9.17, 15) is 18.0 Å². The Labute approximate surface area is 111 Å². The number of hydrogen-bond donors (Lipinski definition) is 2. The van der Waals surface area contributed by atoms with Crippen LogP contribution in [0.2, 0.25) is 0 Å². The van der Waals surface area contributed by atoms with Gasteiger partial charge >= 0.3 is 5.97 Å². The number of carbonyl (C=O) groups is 2. The van der Waals surface area contributed by atoms with E-state index < -0.39 is 34.3 Å². The van der Waals surface area contributed by atoms with Gasteiger partial charge in [-0.1, -0.05) is 0 Å². The lowest BCUT2D eigenvalue weighted by molar-refractivity contribution is -0.148. The van der Waals surface area contributed by atoms with Crippen LogP contribution in [0.15, 0.2) is 0 Å². The maximum absolute atomic E-state index is 11.9. The first-order chi connectivity index (χ1) is 8.85. The molecule has 0 saturated carbocycles. The van der Waals surface area contributed by atoms with Crippen molar-refractivity contribution in [2.45, 2.75) is 12.5 Å². The van der Waals surface area contributed by atoms with Crippen molar-refractivity contribution >= 4 is 21.7 Å². The molecule has 1 aliphatic rings. The van der Waals surface area contributed by atoms with Crippen molar-refractivity contribution < 1.29 is 27.9 Å². The zero-order chi connectivity index (χ0) is 14.5. The SMILES string of the molecule is NCCOCC(=O)N(CC(=O)O)C1CCS(=O)(=O)C1. The molecule has 0 aliphatic carbocycles. The van der Waals surface area contributed by atoms with Gasteiger partial charge in [-0.15, -0.1) is 0 Å². The lowest BCUT2D eigenvalue weighted by Crippen LogP contribution is -2.46. The van der Waals surface area contributed by atoms with Gasteiger partial charge < -0.3 is 20.5 Å². The summed E-state index contributed by atoms with van der Waals surface area (Å²) in [6.07, 6.45) is 0.262. The molecule has 1 atom stereocenters. The van der Waals surface area contributed by atoms with Crippen molar-refractivity contribution in [2.75, 3.05) is 37.8 Å². The molecule has 3 N–H and O–H groups in total. The molecule has 1 unspecified atom stereocenters. The van der Waals surface area contributed by atoms with E-state index >= 15 is 0 Å². The summed E-state index contributed by atoms with van der Waals surface area (Å²) in [4.78, 5) is 23.7. The predicted octanol–water partition coefficient (Wildman–Crippen LogP) is -1.94. The van der Waals surface area contributed by atoms with Crippen LogP contribution in [-0.4, -0.2) is 74.2 Å². The number of ether oxygens (including phenoxy) is 1. The topological polar surface area (TPSA) is 127 Å². The van der Waals surface area contributed by atoms with Crippen molar-refractivity contribution in [3.63, 3.8) is 0 Å². The minimum atomic E-state index is -3.18.